The summed E-state index contributed by atoms with van der Waals surface area (Å²) in [5.74, 6) is 0. The standard InChI is InChI=1S/C35H34/c1-2-3-4-5-6-7-8-11-25-14-17-29-27(24-25)16-19-33-31(29)21-23-34-32-18-15-26-12-9-10-13-28(26)30(32)20-22-35(33)34/h9-10,12-24H,2-8,11H2,1H3. The summed E-state index contributed by atoms with van der Waals surface area (Å²) >= 11 is 0. The van der Waals surface area contributed by atoms with Crippen molar-refractivity contribution in [3.8, 4) is 0 Å². The molecule has 0 unspecified atom stereocenters. The molecular weight excluding hydrogens is 420 g/mol. The molecule has 6 aromatic carbocycles. The van der Waals surface area contributed by atoms with Gasteiger partial charge in [-0.05, 0) is 72.3 Å². The highest BCUT2D eigenvalue weighted by atomic mass is 14.1. The average molecular weight is 455 g/mol. The molecule has 0 amide bonds. The van der Waals surface area contributed by atoms with E-state index in [9.17, 15) is 0 Å². The Labute approximate surface area is 208 Å². The van der Waals surface area contributed by atoms with Gasteiger partial charge < -0.3 is 0 Å². The van der Waals surface area contributed by atoms with Crippen molar-refractivity contribution in [1.82, 2.24) is 0 Å². The second-order valence-corrected chi connectivity index (χ2v) is 10.2. The normalized spacial score (nSPS) is 11.9. The lowest BCUT2D eigenvalue weighted by molar-refractivity contribution is 0.589. The van der Waals surface area contributed by atoms with Crippen LogP contribution in [-0.4, -0.2) is 0 Å². The number of unbranched alkanes of at least 4 members (excludes halogenated alkanes) is 6. The Kier molecular flexibility index (Phi) is 6.13. The van der Waals surface area contributed by atoms with E-state index in [4.69, 9.17) is 0 Å². The van der Waals surface area contributed by atoms with Gasteiger partial charge in [0, 0.05) is 0 Å². The van der Waals surface area contributed by atoms with Gasteiger partial charge in [0.05, 0.1) is 0 Å². The Morgan fingerprint density at radius 1 is 0.400 bits per heavy atom. The van der Waals surface area contributed by atoms with Crippen molar-refractivity contribution in [3.63, 3.8) is 0 Å². The van der Waals surface area contributed by atoms with E-state index in [1.54, 1.807) is 0 Å². The van der Waals surface area contributed by atoms with Crippen molar-refractivity contribution in [2.75, 3.05) is 0 Å². The quantitative estimate of drug-likeness (QED) is 0.158. The van der Waals surface area contributed by atoms with Crippen LogP contribution in [0.1, 0.15) is 57.4 Å². The molecule has 174 valence electrons. The third-order valence-electron chi connectivity index (χ3n) is 7.87. The molecule has 0 saturated heterocycles. The summed E-state index contributed by atoms with van der Waals surface area (Å²) in [5.41, 5.74) is 1.48. The monoisotopic (exact) mass is 454 g/mol. The van der Waals surface area contributed by atoms with Gasteiger partial charge in [0.25, 0.3) is 0 Å². The minimum absolute atomic E-state index is 1.19. The minimum Gasteiger partial charge on any atom is -0.0654 e. The lowest BCUT2D eigenvalue weighted by Gasteiger charge is -2.12. The van der Waals surface area contributed by atoms with Crippen LogP contribution in [0, 0.1) is 0 Å². The van der Waals surface area contributed by atoms with Crippen molar-refractivity contribution in [3.05, 3.63) is 96.6 Å². The summed E-state index contributed by atoms with van der Waals surface area (Å²) < 4.78 is 0. The third-order valence-corrected chi connectivity index (χ3v) is 7.87. The fraction of sp³-hybridized carbons (Fsp3) is 0.257. The van der Waals surface area contributed by atoms with Crippen LogP contribution < -0.4 is 0 Å². The molecule has 0 spiro atoms. The molecule has 0 heteroatoms. The predicted molar refractivity (Wildman–Crippen MR) is 156 cm³/mol. The van der Waals surface area contributed by atoms with E-state index in [1.165, 1.54) is 111 Å². The summed E-state index contributed by atoms with van der Waals surface area (Å²) in [7, 11) is 0. The zero-order chi connectivity index (χ0) is 23.6. The zero-order valence-corrected chi connectivity index (χ0v) is 20.8. The smallest absolute Gasteiger partial charge is 0.00987 e. The van der Waals surface area contributed by atoms with Crippen LogP contribution in [0.3, 0.4) is 0 Å². The molecular formula is C35H34. The first-order valence-electron chi connectivity index (χ1n) is 13.5. The fourth-order valence-electron chi connectivity index (χ4n) is 5.95. The van der Waals surface area contributed by atoms with Crippen LogP contribution in [0.15, 0.2) is 91.0 Å². The first-order valence-corrected chi connectivity index (χ1v) is 13.5. The van der Waals surface area contributed by atoms with E-state index in [0.29, 0.717) is 0 Å². The number of rotatable bonds is 8. The first kappa shape index (κ1) is 22.1. The number of aryl methyl sites for hydroxylation is 1. The Hall–Kier alpha value is -3.38. The highest BCUT2D eigenvalue weighted by Crippen LogP contribution is 2.37. The molecule has 0 aliphatic carbocycles. The minimum atomic E-state index is 1.19. The second-order valence-electron chi connectivity index (χ2n) is 10.2. The molecule has 0 saturated carbocycles. The van der Waals surface area contributed by atoms with E-state index in [1.807, 2.05) is 0 Å². The summed E-state index contributed by atoms with van der Waals surface area (Å²) in [4.78, 5) is 0. The molecule has 0 heterocycles. The molecule has 35 heavy (non-hydrogen) atoms. The van der Waals surface area contributed by atoms with Crippen molar-refractivity contribution >= 4 is 53.9 Å². The molecule has 0 aliphatic rings. The van der Waals surface area contributed by atoms with Crippen LogP contribution >= 0.6 is 0 Å². The molecule has 0 radical (unpaired) electrons. The summed E-state index contributed by atoms with van der Waals surface area (Å²) in [6, 6.07) is 34.4. The van der Waals surface area contributed by atoms with Gasteiger partial charge in [-0.2, -0.15) is 0 Å². The Balaban J connectivity index is 1.33. The van der Waals surface area contributed by atoms with E-state index in [-0.39, 0.29) is 0 Å². The Morgan fingerprint density at radius 3 is 1.57 bits per heavy atom. The number of hydrogen-bond donors (Lipinski definition) is 0. The van der Waals surface area contributed by atoms with Crippen LogP contribution in [-0.2, 0) is 6.42 Å². The summed E-state index contributed by atoms with van der Waals surface area (Å²) in [6.07, 6.45) is 10.8. The topological polar surface area (TPSA) is 0 Å². The molecule has 6 aromatic rings. The SMILES string of the molecule is CCCCCCCCCc1ccc2c(ccc3c2ccc2c4ccc5ccccc5c4ccc32)c1. The zero-order valence-electron chi connectivity index (χ0n) is 20.8. The van der Waals surface area contributed by atoms with Gasteiger partial charge in [0.2, 0.25) is 0 Å². The molecule has 0 nitrogen and oxygen atoms in total. The lowest BCUT2D eigenvalue weighted by Crippen LogP contribution is -1.88. The van der Waals surface area contributed by atoms with Crippen LogP contribution in [0.25, 0.3) is 53.9 Å². The van der Waals surface area contributed by atoms with Gasteiger partial charge in [-0.1, -0.05) is 136 Å². The summed E-state index contributed by atoms with van der Waals surface area (Å²) in [5, 5.41) is 13.4. The molecule has 0 aromatic heterocycles. The molecule has 0 atom stereocenters. The molecule has 0 aliphatic heterocycles. The van der Waals surface area contributed by atoms with E-state index in [2.05, 4.69) is 97.9 Å². The molecule has 0 N–H and O–H groups in total. The lowest BCUT2D eigenvalue weighted by atomic mass is 9.92. The highest BCUT2D eigenvalue weighted by molar-refractivity contribution is 6.24. The van der Waals surface area contributed by atoms with E-state index < -0.39 is 0 Å². The van der Waals surface area contributed by atoms with Gasteiger partial charge in [-0.15, -0.1) is 0 Å². The maximum atomic E-state index is 2.42. The third kappa shape index (κ3) is 4.16. The number of fused-ring (bicyclic) bond motifs is 9. The van der Waals surface area contributed by atoms with Crippen molar-refractivity contribution in [2.24, 2.45) is 0 Å². The van der Waals surface area contributed by atoms with Gasteiger partial charge in [0.1, 0.15) is 0 Å². The first-order chi connectivity index (χ1) is 17.3. The van der Waals surface area contributed by atoms with Gasteiger partial charge in [0.15, 0.2) is 0 Å². The largest absolute Gasteiger partial charge is 0.0654 e. The summed E-state index contributed by atoms with van der Waals surface area (Å²) in [6.45, 7) is 2.29. The Morgan fingerprint density at radius 2 is 0.886 bits per heavy atom. The van der Waals surface area contributed by atoms with Gasteiger partial charge in [-0.25, -0.2) is 0 Å². The van der Waals surface area contributed by atoms with E-state index >= 15 is 0 Å². The highest BCUT2D eigenvalue weighted by Gasteiger charge is 2.09. The maximum Gasteiger partial charge on any atom is -0.00987 e. The Bertz CT molecular complexity index is 1650. The van der Waals surface area contributed by atoms with Crippen molar-refractivity contribution in [2.45, 2.75) is 58.3 Å². The van der Waals surface area contributed by atoms with Crippen molar-refractivity contribution in [1.29, 1.82) is 0 Å². The average Bonchev–Trinajstić information content (AvgIpc) is 2.91. The second kappa shape index (κ2) is 9.70. The predicted octanol–water partition coefficient (Wildman–Crippen LogP) is 10.7. The van der Waals surface area contributed by atoms with Gasteiger partial charge >= 0.3 is 0 Å². The van der Waals surface area contributed by atoms with E-state index in [0.717, 1.165) is 0 Å². The van der Waals surface area contributed by atoms with Gasteiger partial charge in [-0.3, -0.25) is 0 Å². The number of hydrogen-bond acceptors (Lipinski definition) is 0. The molecule has 0 bridgehead atoms. The van der Waals surface area contributed by atoms with Crippen LogP contribution in [0.4, 0.5) is 0 Å². The van der Waals surface area contributed by atoms with Crippen LogP contribution in [0.2, 0.25) is 0 Å². The van der Waals surface area contributed by atoms with Crippen molar-refractivity contribution < 1.29 is 0 Å². The van der Waals surface area contributed by atoms with Crippen LogP contribution in [0.5, 0.6) is 0 Å². The molecule has 6 rings (SSSR count). The fourth-order valence-corrected chi connectivity index (χ4v) is 5.95. The number of benzene rings is 6. The molecule has 0 fully saturated rings. The maximum absolute atomic E-state index is 2.42.